The summed E-state index contributed by atoms with van der Waals surface area (Å²) in [4.78, 5) is 25.9. The third kappa shape index (κ3) is 3.82. The van der Waals surface area contributed by atoms with Gasteiger partial charge in [0.15, 0.2) is 9.84 Å². The zero-order chi connectivity index (χ0) is 20.5. The standard InChI is InChI=1S/C18H24N4O5S/c1-19-16(23)11-28(25,26)13-6-8-22(9-7-13)17(24)12-4-5-14-15(10-12)20-21(2)18(14)27-3/h4-5,10,13H,6-9,11H2,1-3H3,(H,19,23). The van der Waals surface area contributed by atoms with Gasteiger partial charge in [0.25, 0.3) is 5.91 Å². The van der Waals surface area contributed by atoms with E-state index in [2.05, 4.69) is 10.4 Å². The fourth-order valence-electron chi connectivity index (χ4n) is 3.52. The fourth-order valence-corrected chi connectivity index (χ4v) is 5.20. The van der Waals surface area contributed by atoms with E-state index in [0.717, 1.165) is 5.39 Å². The molecule has 0 spiro atoms. The lowest BCUT2D eigenvalue weighted by Gasteiger charge is -2.31. The summed E-state index contributed by atoms with van der Waals surface area (Å²) in [7, 11) is 1.23. The van der Waals surface area contributed by atoms with E-state index in [1.807, 2.05) is 0 Å². The van der Waals surface area contributed by atoms with Crippen molar-refractivity contribution in [1.29, 1.82) is 0 Å². The Hall–Kier alpha value is -2.62. The minimum absolute atomic E-state index is 0.159. The third-order valence-electron chi connectivity index (χ3n) is 5.07. The van der Waals surface area contributed by atoms with Crippen LogP contribution in [0.4, 0.5) is 0 Å². The molecule has 9 nitrogen and oxygen atoms in total. The fraction of sp³-hybridized carbons (Fsp3) is 0.500. The van der Waals surface area contributed by atoms with Gasteiger partial charge in [0, 0.05) is 32.7 Å². The maximum Gasteiger partial charge on any atom is 0.253 e. The summed E-state index contributed by atoms with van der Waals surface area (Å²) in [6.07, 6.45) is 0.648. The molecule has 2 amide bonds. The molecule has 2 aromatic rings. The zero-order valence-corrected chi connectivity index (χ0v) is 17.0. The predicted molar refractivity (Wildman–Crippen MR) is 104 cm³/mol. The largest absolute Gasteiger partial charge is 0.481 e. The average molecular weight is 408 g/mol. The number of rotatable bonds is 5. The molecule has 1 saturated heterocycles. The highest BCUT2D eigenvalue weighted by Gasteiger charge is 2.33. The summed E-state index contributed by atoms with van der Waals surface area (Å²) in [6, 6.07) is 5.24. The van der Waals surface area contributed by atoms with E-state index < -0.39 is 26.7 Å². The molecule has 152 valence electrons. The molecular formula is C18H24N4O5S. The number of likely N-dealkylation sites (tertiary alicyclic amines) is 1. The lowest BCUT2D eigenvalue weighted by molar-refractivity contribution is -0.118. The number of carbonyl (C=O) groups is 2. The molecule has 1 fully saturated rings. The summed E-state index contributed by atoms with van der Waals surface area (Å²) >= 11 is 0. The molecular weight excluding hydrogens is 384 g/mol. The van der Waals surface area contributed by atoms with E-state index >= 15 is 0 Å². The van der Waals surface area contributed by atoms with Crippen molar-refractivity contribution in [1.82, 2.24) is 20.0 Å². The molecule has 3 rings (SSSR count). The van der Waals surface area contributed by atoms with Crippen LogP contribution in [-0.4, -0.2) is 73.2 Å². The lowest BCUT2D eigenvalue weighted by Crippen LogP contribution is -2.44. The van der Waals surface area contributed by atoms with Crippen LogP contribution in [0.25, 0.3) is 10.9 Å². The van der Waals surface area contributed by atoms with Crippen LogP contribution in [-0.2, 0) is 21.7 Å². The Kier molecular flexibility index (Phi) is 5.59. The maximum absolute atomic E-state index is 12.8. The summed E-state index contributed by atoms with van der Waals surface area (Å²) in [5.41, 5.74) is 1.16. The average Bonchev–Trinajstić information content (AvgIpc) is 3.01. The van der Waals surface area contributed by atoms with Crippen LogP contribution in [0.3, 0.4) is 0 Å². The Labute approximate surface area is 163 Å². The summed E-state index contributed by atoms with van der Waals surface area (Å²) < 4.78 is 31.6. The number of aryl methyl sites for hydroxylation is 1. The van der Waals surface area contributed by atoms with Crippen LogP contribution >= 0.6 is 0 Å². The zero-order valence-electron chi connectivity index (χ0n) is 16.1. The Morgan fingerprint density at radius 3 is 2.57 bits per heavy atom. The second kappa shape index (κ2) is 7.78. The minimum Gasteiger partial charge on any atom is -0.481 e. The number of hydrogen-bond donors (Lipinski definition) is 1. The number of nitrogens with zero attached hydrogens (tertiary/aromatic N) is 3. The second-order valence-corrected chi connectivity index (χ2v) is 9.12. The van der Waals surface area contributed by atoms with Gasteiger partial charge >= 0.3 is 0 Å². The first-order valence-electron chi connectivity index (χ1n) is 8.99. The van der Waals surface area contributed by atoms with E-state index in [1.54, 1.807) is 41.9 Å². The molecule has 1 aromatic heterocycles. The van der Waals surface area contributed by atoms with Gasteiger partial charge < -0.3 is 15.0 Å². The van der Waals surface area contributed by atoms with Crippen LogP contribution < -0.4 is 10.1 Å². The number of amides is 2. The number of fused-ring (bicyclic) bond motifs is 1. The molecule has 0 saturated carbocycles. The van der Waals surface area contributed by atoms with Crippen LogP contribution in [0, 0.1) is 0 Å². The number of sulfone groups is 1. The molecule has 1 aliphatic rings. The number of carbonyl (C=O) groups excluding carboxylic acids is 2. The topological polar surface area (TPSA) is 111 Å². The van der Waals surface area contributed by atoms with Gasteiger partial charge in [-0.25, -0.2) is 13.1 Å². The molecule has 1 aromatic carbocycles. The lowest BCUT2D eigenvalue weighted by atomic mass is 10.1. The first-order chi connectivity index (χ1) is 13.3. The monoisotopic (exact) mass is 408 g/mol. The molecule has 0 atom stereocenters. The normalized spacial score (nSPS) is 15.6. The van der Waals surface area contributed by atoms with Gasteiger partial charge in [0.05, 0.1) is 23.3 Å². The van der Waals surface area contributed by atoms with Crippen LogP contribution in [0.15, 0.2) is 18.2 Å². The molecule has 0 aliphatic carbocycles. The molecule has 28 heavy (non-hydrogen) atoms. The first kappa shape index (κ1) is 20.1. The SMILES string of the molecule is CNC(=O)CS(=O)(=O)C1CCN(C(=O)c2ccc3c(OC)n(C)nc3c2)CC1. The van der Waals surface area contributed by atoms with Gasteiger partial charge in [-0.3, -0.25) is 9.59 Å². The van der Waals surface area contributed by atoms with Crippen molar-refractivity contribution in [2.45, 2.75) is 18.1 Å². The number of hydrogen-bond acceptors (Lipinski definition) is 6. The Morgan fingerprint density at radius 1 is 1.29 bits per heavy atom. The van der Waals surface area contributed by atoms with Gasteiger partial charge in [-0.1, -0.05) is 0 Å². The molecule has 10 heteroatoms. The number of ether oxygens (including phenoxy) is 1. The number of nitrogens with one attached hydrogen (secondary N) is 1. The number of aromatic nitrogens is 2. The van der Waals surface area contributed by atoms with Crippen molar-refractivity contribution in [3.8, 4) is 5.88 Å². The van der Waals surface area contributed by atoms with Gasteiger partial charge in [-0.2, -0.15) is 5.10 Å². The van der Waals surface area contributed by atoms with E-state index in [9.17, 15) is 18.0 Å². The first-order valence-corrected chi connectivity index (χ1v) is 10.7. The van der Waals surface area contributed by atoms with Gasteiger partial charge in [-0.15, -0.1) is 0 Å². The number of benzene rings is 1. The highest BCUT2D eigenvalue weighted by Crippen LogP contribution is 2.26. The molecule has 1 aliphatic heterocycles. The Morgan fingerprint density at radius 2 is 1.96 bits per heavy atom. The molecule has 0 radical (unpaired) electrons. The molecule has 0 unspecified atom stereocenters. The van der Waals surface area contributed by atoms with Gasteiger partial charge in [-0.05, 0) is 31.0 Å². The van der Waals surface area contributed by atoms with Crippen LogP contribution in [0.5, 0.6) is 5.88 Å². The molecule has 1 N–H and O–H groups in total. The van der Waals surface area contributed by atoms with Crippen molar-refractivity contribution in [2.75, 3.05) is 33.0 Å². The van der Waals surface area contributed by atoms with Crippen molar-refractivity contribution in [2.24, 2.45) is 7.05 Å². The number of piperidine rings is 1. The molecule has 2 heterocycles. The van der Waals surface area contributed by atoms with Gasteiger partial charge in [0.1, 0.15) is 5.75 Å². The van der Waals surface area contributed by atoms with E-state index in [-0.39, 0.29) is 5.91 Å². The highest BCUT2D eigenvalue weighted by atomic mass is 32.2. The van der Waals surface area contributed by atoms with E-state index in [0.29, 0.717) is 42.9 Å². The number of methoxy groups -OCH3 is 1. The maximum atomic E-state index is 12.8. The summed E-state index contributed by atoms with van der Waals surface area (Å²) in [5.74, 6) is -0.567. The van der Waals surface area contributed by atoms with Gasteiger partial charge in [0.2, 0.25) is 11.8 Å². The van der Waals surface area contributed by atoms with Crippen molar-refractivity contribution >= 4 is 32.6 Å². The van der Waals surface area contributed by atoms with E-state index in [4.69, 9.17) is 4.74 Å². The van der Waals surface area contributed by atoms with Crippen molar-refractivity contribution in [3.63, 3.8) is 0 Å². The predicted octanol–water partition coefficient (Wildman–Crippen LogP) is 0.347. The smallest absolute Gasteiger partial charge is 0.253 e. The summed E-state index contributed by atoms with van der Waals surface area (Å²) in [5, 5.41) is 6.91. The van der Waals surface area contributed by atoms with Crippen LogP contribution in [0.2, 0.25) is 0 Å². The van der Waals surface area contributed by atoms with Crippen LogP contribution in [0.1, 0.15) is 23.2 Å². The third-order valence-corrected chi connectivity index (χ3v) is 7.22. The summed E-state index contributed by atoms with van der Waals surface area (Å²) in [6.45, 7) is 0.667. The Bertz CT molecular complexity index is 1010. The van der Waals surface area contributed by atoms with E-state index in [1.165, 1.54) is 7.05 Å². The van der Waals surface area contributed by atoms with Crippen molar-refractivity contribution in [3.05, 3.63) is 23.8 Å². The Balaban J connectivity index is 1.70. The second-order valence-electron chi connectivity index (χ2n) is 6.84. The minimum atomic E-state index is -3.52. The highest BCUT2D eigenvalue weighted by molar-refractivity contribution is 7.92. The quantitative estimate of drug-likeness (QED) is 0.764. The van der Waals surface area contributed by atoms with Crippen molar-refractivity contribution < 1.29 is 22.7 Å². The molecule has 0 bridgehead atoms.